The second-order valence-corrected chi connectivity index (χ2v) is 14.2. The number of benzene rings is 1. The number of sulfone groups is 1. The number of nitrogens with zero attached hydrogens (tertiary/aromatic N) is 4. The quantitative estimate of drug-likeness (QED) is 0.466. The molecule has 7 rings (SSSR count). The Kier molecular flexibility index (Phi) is 6.15. The van der Waals surface area contributed by atoms with E-state index in [0.717, 1.165) is 36.7 Å². The van der Waals surface area contributed by atoms with Gasteiger partial charge in [0.2, 0.25) is 11.8 Å². The smallest absolute Gasteiger partial charge is 0.245 e. The number of hydrogen-bond donors (Lipinski definition) is 1. The molecule has 4 atom stereocenters. The number of rotatable bonds is 6. The van der Waals surface area contributed by atoms with Gasteiger partial charge < -0.3 is 14.6 Å². The highest BCUT2D eigenvalue weighted by atomic mass is 32.2. The summed E-state index contributed by atoms with van der Waals surface area (Å²) >= 11 is 0. The van der Waals surface area contributed by atoms with Crippen molar-refractivity contribution < 1.29 is 22.0 Å². The van der Waals surface area contributed by atoms with Crippen molar-refractivity contribution in [1.82, 2.24) is 15.3 Å². The minimum atomic E-state index is -2.99. The second-order valence-electron chi connectivity index (χ2n) is 11.9. The van der Waals surface area contributed by atoms with Crippen LogP contribution in [-0.4, -0.2) is 54.4 Å². The molecule has 1 N–H and O–H groups in total. The molecule has 41 heavy (non-hydrogen) atoms. The maximum atomic E-state index is 13.6. The average molecular weight is 576 g/mol. The molecule has 1 aromatic carbocycles. The maximum absolute atomic E-state index is 13.6. The van der Waals surface area contributed by atoms with E-state index in [4.69, 9.17) is 9.40 Å². The van der Waals surface area contributed by atoms with E-state index in [2.05, 4.69) is 21.3 Å². The van der Waals surface area contributed by atoms with Gasteiger partial charge in [0.15, 0.2) is 9.84 Å². The van der Waals surface area contributed by atoms with Gasteiger partial charge in [-0.25, -0.2) is 22.8 Å². The van der Waals surface area contributed by atoms with E-state index < -0.39 is 21.2 Å². The molecule has 3 aliphatic carbocycles. The Morgan fingerprint density at radius 1 is 1.07 bits per heavy atom. The first-order valence-electron chi connectivity index (χ1n) is 14.1. The Hall–Kier alpha value is -3.78. The summed E-state index contributed by atoms with van der Waals surface area (Å²) in [5.74, 6) is 1.03. The summed E-state index contributed by atoms with van der Waals surface area (Å²) in [6, 6.07) is 12.9. The molecule has 2 unspecified atom stereocenters. The van der Waals surface area contributed by atoms with Gasteiger partial charge in [0.05, 0.1) is 23.8 Å². The molecule has 212 valence electrons. The van der Waals surface area contributed by atoms with Gasteiger partial charge >= 0.3 is 0 Å². The fourth-order valence-electron chi connectivity index (χ4n) is 6.37. The van der Waals surface area contributed by atoms with E-state index in [0.29, 0.717) is 54.9 Å². The number of carbonyl (C=O) groups excluding carboxylic acids is 1. The topological polar surface area (TPSA) is 129 Å². The Bertz CT molecular complexity index is 1630. The summed E-state index contributed by atoms with van der Waals surface area (Å²) in [6.07, 6.45) is 5.07. The Labute approximate surface area is 237 Å². The highest BCUT2D eigenvalue weighted by molar-refractivity contribution is 7.91. The van der Waals surface area contributed by atoms with Crippen molar-refractivity contribution in [1.29, 1.82) is 5.26 Å². The van der Waals surface area contributed by atoms with Crippen LogP contribution in [0.4, 0.5) is 10.1 Å². The first kappa shape index (κ1) is 26.1. The summed E-state index contributed by atoms with van der Waals surface area (Å²) < 4.78 is 43.8. The largest absolute Gasteiger partial charge is 0.439 e. The Balaban J connectivity index is 1.24. The zero-order valence-corrected chi connectivity index (χ0v) is 23.2. The molecule has 2 aromatic heterocycles. The molecule has 1 amide bonds. The van der Waals surface area contributed by atoms with Gasteiger partial charge in [0.25, 0.3) is 0 Å². The van der Waals surface area contributed by atoms with E-state index >= 15 is 0 Å². The fourth-order valence-corrected chi connectivity index (χ4v) is 7.57. The highest BCUT2D eigenvalue weighted by Crippen LogP contribution is 2.57. The van der Waals surface area contributed by atoms with Crippen molar-refractivity contribution in [2.24, 2.45) is 17.8 Å². The van der Waals surface area contributed by atoms with Crippen molar-refractivity contribution in [3.63, 3.8) is 0 Å². The standard InChI is InChI=1S/C30H30FN5O4S/c31-21-3-6-25(33-16-21)29-34-26(18-1-4-22(5-2-18)36-9-11-41(38,39)12-10-36)27(40-29)23-14-19-13-20(19)15-24(23)28(37)35-30(17-32)7-8-30/h1-6,16,19-20,23-24H,7-15H2,(H,35,37)/t19?,20?,23-,24-/m1/s1. The summed E-state index contributed by atoms with van der Waals surface area (Å²) in [5.41, 5.74) is 1.99. The van der Waals surface area contributed by atoms with Crippen molar-refractivity contribution in [2.75, 3.05) is 29.5 Å². The lowest BCUT2D eigenvalue weighted by molar-refractivity contribution is -0.127. The predicted octanol–water partition coefficient (Wildman–Crippen LogP) is 4.08. The Morgan fingerprint density at radius 2 is 1.80 bits per heavy atom. The highest BCUT2D eigenvalue weighted by Gasteiger charge is 2.53. The van der Waals surface area contributed by atoms with Crippen LogP contribution in [0.3, 0.4) is 0 Å². The van der Waals surface area contributed by atoms with Crippen LogP contribution in [-0.2, 0) is 14.6 Å². The van der Waals surface area contributed by atoms with Crippen LogP contribution in [0.1, 0.15) is 43.8 Å². The minimum Gasteiger partial charge on any atom is -0.439 e. The first-order chi connectivity index (χ1) is 19.7. The summed E-state index contributed by atoms with van der Waals surface area (Å²) in [6.45, 7) is 0.895. The van der Waals surface area contributed by atoms with Gasteiger partial charge in [-0.3, -0.25) is 4.79 Å². The normalized spacial score (nSPS) is 27.4. The van der Waals surface area contributed by atoms with E-state index in [1.165, 1.54) is 12.1 Å². The van der Waals surface area contributed by atoms with Gasteiger partial charge in [-0.05, 0) is 68.2 Å². The number of carbonyl (C=O) groups is 1. The molecule has 4 aliphatic rings. The zero-order valence-electron chi connectivity index (χ0n) is 22.4. The number of oxazole rings is 1. The first-order valence-corrected chi connectivity index (χ1v) is 16.0. The monoisotopic (exact) mass is 575 g/mol. The molecule has 3 heterocycles. The van der Waals surface area contributed by atoms with E-state index in [1.54, 1.807) is 0 Å². The lowest BCUT2D eigenvalue weighted by atomic mass is 9.76. The van der Waals surface area contributed by atoms with Crippen molar-refractivity contribution in [3.8, 4) is 28.9 Å². The third kappa shape index (κ3) is 5.10. The molecular formula is C30H30FN5O4S. The van der Waals surface area contributed by atoms with E-state index in [9.17, 15) is 22.9 Å². The third-order valence-corrected chi connectivity index (χ3v) is 10.7. The van der Waals surface area contributed by atoms with Crippen molar-refractivity contribution in [3.05, 3.63) is 54.2 Å². The van der Waals surface area contributed by atoms with Crippen molar-refractivity contribution in [2.45, 2.75) is 43.6 Å². The summed E-state index contributed by atoms with van der Waals surface area (Å²) in [4.78, 5) is 24.6. The molecule has 3 aromatic rings. The molecule has 0 bridgehead atoms. The fraction of sp³-hybridized carbons (Fsp3) is 0.467. The third-order valence-electron chi connectivity index (χ3n) is 9.12. The molecule has 0 spiro atoms. The number of anilines is 1. The van der Waals surface area contributed by atoms with Gasteiger partial charge in [0.1, 0.15) is 28.5 Å². The predicted molar refractivity (Wildman–Crippen MR) is 149 cm³/mol. The number of halogens is 1. The molecule has 1 saturated heterocycles. The van der Waals surface area contributed by atoms with Gasteiger partial charge in [0, 0.05) is 36.2 Å². The van der Waals surface area contributed by atoms with Gasteiger partial charge in [-0.1, -0.05) is 12.1 Å². The lowest BCUT2D eigenvalue weighted by Crippen LogP contribution is -2.42. The van der Waals surface area contributed by atoms with Crippen LogP contribution in [0.5, 0.6) is 0 Å². The van der Waals surface area contributed by atoms with E-state index in [-0.39, 0.29) is 35.1 Å². The van der Waals surface area contributed by atoms with Gasteiger partial charge in [-0.15, -0.1) is 0 Å². The van der Waals surface area contributed by atoms with Crippen LogP contribution in [0, 0.1) is 34.9 Å². The number of pyridine rings is 1. The van der Waals surface area contributed by atoms with Crippen LogP contribution < -0.4 is 10.2 Å². The number of nitrogens with one attached hydrogen (secondary N) is 1. The van der Waals surface area contributed by atoms with Gasteiger partial charge in [-0.2, -0.15) is 5.26 Å². The second kappa shape index (κ2) is 9.65. The minimum absolute atomic E-state index is 0.112. The van der Waals surface area contributed by atoms with Crippen LogP contribution in [0.15, 0.2) is 47.0 Å². The van der Waals surface area contributed by atoms with Crippen molar-refractivity contribution >= 4 is 21.4 Å². The molecular weight excluding hydrogens is 545 g/mol. The molecule has 1 aliphatic heterocycles. The summed E-state index contributed by atoms with van der Waals surface area (Å²) in [5, 5.41) is 12.6. The van der Waals surface area contributed by atoms with Crippen LogP contribution in [0.2, 0.25) is 0 Å². The molecule has 3 saturated carbocycles. The van der Waals surface area contributed by atoms with Crippen LogP contribution >= 0.6 is 0 Å². The average Bonchev–Trinajstić information content (AvgIpc) is 3.88. The maximum Gasteiger partial charge on any atom is 0.245 e. The number of nitriles is 1. The summed E-state index contributed by atoms with van der Waals surface area (Å²) in [7, 11) is -2.99. The number of fused-ring (bicyclic) bond motifs is 1. The molecule has 4 fully saturated rings. The van der Waals surface area contributed by atoms with Crippen LogP contribution in [0.25, 0.3) is 22.8 Å². The molecule has 11 heteroatoms. The zero-order chi connectivity index (χ0) is 28.4. The number of aromatic nitrogens is 2. The number of amides is 1. The SMILES string of the molecule is N#CC1(NC(=O)[C@@H]2CC3CC3C[C@H]2c2oc(-c3ccc(F)cn3)nc2-c2ccc(N3CCS(=O)(=O)CC3)cc2)CC1. The Morgan fingerprint density at radius 3 is 2.46 bits per heavy atom. The van der Waals surface area contributed by atoms with E-state index in [1.807, 2.05) is 24.3 Å². The molecule has 9 nitrogen and oxygen atoms in total. The molecule has 0 radical (unpaired) electrons. The number of hydrogen-bond acceptors (Lipinski definition) is 8. The lowest BCUT2D eigenvalue weighted by Gasteiger charge is -2.30.